The monoisotopic (exact) mass is 273 g/mol. The second-order valence-electron chi connectivity index (χ2n) is 4.88. The van der Waals surface area contributed by atoms with E-state index in [1.54, 1.807) is 12.1 Å². The Morgan fingerprint density at radius 3 is 2.21 bits per heavy atom. The van der Waals surface area contributed by atoms with Crippen LogP contribution >= 0.6 is 0 Å². The van der Waals surface area contributed by atoms with Crippen LogP contribution in [0.2, 0.25) is 0 Å². The molecular weight excluding hydrogens is 251 g/mol. The van der Waals surface area contributed by atoms with Crippen molar-refractivity contribution in [3.8, 4) is 0 Å². The van der Waals surface area contributed by atoms with Gasteiger partial charge in [-0.1, -0.05) is 38.3 Å². The summed E-state index contributed by atoms with van der Waals surface area (Å²) in [6, 6.07) is 5.81. The van der Waals surface area contributed by atoms with Gasteiger partial charge in [-0.3, -0.25) is 0 Å². The first kappa shape index (κ1) is 16.0. The summed E-state index contributed by atoms with van der Waals surface area (Å²) in [6.45, 7) is 2.16. The molecule has 0 saturated heterocycles. The van der Waals surface area contributed by atoms with Crippen molar-refractivity contribution in [2.75, 3.05) is 7.05 Å². The zero-order chi connectivity index (χ0) is 14.3. The van der Waals surface area contributed by atoms with E-state index >= 15 is 0 Å². The van der Waals surface area contributed by atoms with Crippen LogP contribution < -0.4 is 5.32 Å². The molecule has 0 fully saturated rings. The predicted octanol–water partition coefficient (Wildman–Crippen LogP) is 4.42. The minimum absolute atomic E-state index is 0.336. The van der Waals surface area contributed by atoms with Crippen LogP contribution in [0.4, 0.5) is 13.2 Å². The van der Waals surface area contributed by atoms with Crippen molar-refractivity contribution < 1.29 is 13.2 Å². The van der Waals surface area contributed by atoms with Gasteiger partial charge < -0.3 is 5.32 Å². The summed E-state index contributed by atoms with van der Waals surface area (Å²) < 4.78 is 37.3. The maximum Gasteiger partial charge on any atom is 0.416 e. The third kappa shape index (κ3) is 5.64. The number of alkyl halides is 3. The van der Waals surface area contributed by atoms with Crippen molar-refractivity contribution in [1.29, 1.82) is 0 Å². The van der Waals surface area contributed by atoms with E-state index in [1.165, 1.54) is 12.8 Å². The zero-order valence-electron chi connectivity index (χ0n) is 11.6. The molecule has 0 aliphatic heterocycles. The minimum Gasteiger partial charge on any atom is -0.317 e. The lowest BCUT2D eigenvalue weighted by Crippen LogP contribution is -2.27. The van der Waals surface area contributed by atoms with Gasteiger partial charge in [-0.25, -0.2) is 0 Å². The fraction of sp³-hybridized carbons (Fsp3) is 0.600. The molecule has 1 aromatic rings. The Morgan fingerprint density at radius 1 is 1.11 bits per heavy atom. The molecule has 1 N–H and O–H groups in total. The lowest BCUT2D eigenvalue weighted by Gasteiger charge is -2.16. The van der Waals surface area contributed by atoms with Crippen LogP contribution in [-0.4, -0.2) is 13.1 Å². The number of halogens is 3. The van der Waals surface area contributed by atoms with Gasteiger partial charge in [0, 0.05) is 6.04 Å². The molecule has 0 heterocycles. The Hall–Kier alpha value is -1.03. The highest BCUT2D eigenvalue weighted by Crippen LogP contribution is 2.29. The Balaban J connectivity index is 2.55. The highest BCUT2D eigenvalue weighted by atomic mass is 19.4. The first-order valence-electron chi connectivity index (χ1n) is 6.80. The molecule has 0 aliphatic carbocycles. The van der Waals surface area contributed by atoms with Gasteiger partial charge in [0.05, 0.1) is 5.56 Å². The van der Waals surface area contributed by atoms with Gasteiger partial charge in [-0.2, -0.15) is 13.2 Å². The molecule has 0 aromatic heterocycles. The van der Waals surface area contributed by atoms with Crippen molar-refractivity contribution in [1.82, 2.24) is 5.32 Å². The number of likely N-dealkylation sites (N-methyl/N-ethyl adjacent to an activating group) is 1. The Kier molecular flexibility index (Phi) is 6.35. The van der Waals surface area contributed by atoms with E-state index in [-0.39, 0.29) is 0 Å². The Morgan fingerprint density at radius 2 is 1.74 bits per heavy atom. The molecular formula is C15H22F3N. The van der Waals surface area contributed by atoms with Crippen LogP contribution in [0.1, 0.15) is 43.7 Å². The standard InChI is InChI=1S/C15H22F3N/c1-3-4-5-6-14(19-2)11-12-7-9-13(10-8-12)15(16,17)18/h7-10,14,19H,3-6,11H2,1-2H3. The van der Waals surface area contributed by atoms with Crippen LogP contribution in [0, 0.1) is 0 Å². The number of hydrogen-bond donors (Lipinski definition) is 1. The smallest absolute Gasteiger partial charge is 0.317 e. The molecule has 0 bridgehead atoms. The summed E-state index contributed by atoms with van der Waals surface area (Å²) in [7, 11) is 1.90. The minimum atomic E-state index is -4.25. The quantitative estimate of drug-likeness (QED) is 0.725. The third-order valence-electron chi connectivity index (χ3n) is 3.33. The van der Waals surface area contributed by atoms with Crippen LogP contribution in [0.15, 0.2) is 24.3 Å². The van der Waals surface area contributed by atoms with E-state index in [4.69, 9.17) is 0 Å². The van der Waals surface area contributed by atoms with Crippen LogP contribution in [0.3, 0.4) is 0 Å². The van der Waals surface area contributed by atoms with Crippen LogP contribution in [0.5, 0.6) is 0 Å². The number of benzene rings is 1. The third-order valence-corrected chi connectivity index (χ3v) is 3.33. The van der Waals surface area contributed by atoms with Gasteiger partial charge in [0.2, 0.25) is 0 Å². The maximum absolute atomic E-state index is 12.4. The molecule has 0 amide bonds. The molecule has 1 unspecified atom stereocenters. The number of unbranched alkanes of at least 4 members (excludes halogenated alkanes) is 2. The highest BCUT2D eigenvalue weighted by molar-refractivity contribution is 5.25. The second kappa shape index (κ2) is 7.53. The summed E-state index contributed by atoms with van der Waals surface area (Å²) >= 11 is 0. The Bertz CT molecular complexity index is 357. The van der Waals surface area contributed by atoms with E-state index in [9.17, 15) is 13.2 Å². The molecule has 0 radical (unpaired) electrons. The van der Waals surface area contributed by atoms with Gasteiger partial charge in [-0.15, -0.1) is 0 Å². The molecule has 1 nitrogen and oxygen atoms in total. The average molecular weight is 273 g/mol. The van der Waals surface area contributed by atoms with E-state index < -0.39 is 11.7 Å². The largest absolute Gasteiger partial charge is 0.416 e. The molecule has 1 aromatic carbocycles. The number of hydrogen-bond acceptors (Lipinski definition) is 1. The molecule has 19 heavy (non-hydrogen) atoms. The van der Waals surface area contributed by atoms with Gasteiger partial charge >= 0.3 is 6.18 Å². The molecule has 0 saturated carbocycles. The zero-order valence-corrected chi connectivity index (χ0v) is 11.6. The van der Waals surface area contributed by atoms with E-state index in [0.29, 0.717) is 6.04 Å². The fourth-order valence-corrected chi connectivity index (χ4v) is 2.10. The molecule has 1 atom stereocenters. The van der Waals surface area contributed by atoms with E-state index in [2.05, 4.69) is 12.2 Å². The van der Waals surface area contributed by atoms with Gasteiger partial charge in [0.25, 0.3) is 0 Å². The van der Waals surface area contributed by atoms with Gasteiger partial charge in [-0.05, 0) is 37.6 Å². The van der Waals surface area contributed by atoms with Crippen molar-refractivity contribution in [2.45, 2.75) is 51.2 Å². The highest BCUT2D eigenvalue weighted by Gasteiger charge is 2.29. The second-order valence-corrected chi connectivity index (χ2v) is 4.88. The van der Waals surface area contributed by atoms with Crippen LogP contribution in [-0.2, 0) is 12.6 Å². The normalized spacial score (nSPS) is 13.5. The lowest BCUT2D eigenvalue weighted by molar-refractivity contribution is -0.137. The molecule has 108 valence electrons. The predicted molar refractivity (Wildman–Crippen MR) is 72.1 cm³/mol. The number of rotatable bonds is 7. The maximum atomic E-state index is 12.4. The van der Waals surface area contributed by atoms with Gasteiger partial charge in [0.1, 0.15) is 0 Å². The van der Waals surface area contributed by atoms with Crippen molar-refractivity contribution in [3.63, 3.8) is 0 Å². The molecule has 0 spiro atoms. The summed E-state index contributed by atoms with van der Waals surface area (Å²) in [5.41, 5.74) is 0.368. The fourth-order valence-electron chi connectivity index (χ4n) is 2.10. The SMILES string of the molecule is CCCCCC(Cc1ccc(C(F)(F)F)cc1)NC. The Labute approximate surface area is 113 Å². The first-order chi connectivity index (χ1) is 8.97. The summed E-state index contributed by atoms with van der Waals surface area (Å²) in [4.78, 5) is 0. The topological polar surface area (TPSA) is 12.0 Å². The average Bonchev–Trinajstić information content (AvgIpc) is 2.37. The lowest BCUT2D eigenvalue weighted by atomic mass is 9.99. The summed E-state index contributed by atoms with van der Waals surface area (Å²) in [5.74, 6) is 0. The van der Waals surface area contributed by atoms with Gasteiger partial charge in [0.15, 0.2) is 0 Å². The molecule has 1 rings (SSSR count). The molecule has 4 heteroatoms. The van der Waals surface area contributed by atoms with E-state index in [0.717, 1.165) is 37.0 Å². The first-order valence-corrected chi connectivity index (χ1v) is 6.80. The number of nitrogens with one attached hydrogen (secondary N) is 1. The van der Waals surface area contributed by atoms with Crippen molar-refractivity contribution in [3.05, 3.63) is 35.4 Å². The van der Waals surface area contributed by atoms with E-state index in [1.807, 2.05) is 7.05 Å². The van der Waals surface area contributed by atoms with Crippen molar-refractivity contribution in [2.24, 2.45) is 0 Å². The summed E-state index contributed by atoms with van der Waals surface area (Å²) in [5, 5.41) is 3.23. The van der Waals surface area contributed by atoms with Crippen LogP contribution in [0.25, 0.3) is 0 Å². The summed E-state index contributed by atoms with van der Waals surface area (Å²) in [6.07, 6.45) is 1.12. The van der Waals surface area contributed by atoms with Crippen molar-refractivity contribution >= 4 is 0 Å². The molecule has 0 aliphatic rings.